The second-order valence-electron chi connectivity index (χ2n) is 3.27. The molecule has 90 valence electrons. The molecule has 0 N–H and O–H groups in total. The number of methoxy groups -OCH3 is 1. The maximum atomic E-state index is 11.4. The lowest BCUT2D eigenvalue weighted by atomic mass is 10.2. The second-order valence-corrected chi connectivity index (χ2v) is 4.45. The summed E-state index contributed by atoms with van der Waals surface area (Å²) in [5, 5.41) is 1.82. The third-order valence-corrected chi connectivity index (χ3v) is 2.71. The fraction of sp³-hybridized carbons (Fsp3) is 0.214. The number of hydrogen-bond acceptors (Lipinski definition) is 3. The van der Waals surface area contributed by atoms with Gasteiger partial charge in [0.25, 0.3) is 0 Å². The molecule has 0 aliphatic heterocycles. The molecule has 0 saturated carbocycles. The molecule has 0 bridgehead atoms. The molecule has 1 aromatic rings. The average Bonchev–Trinajstić information content (AvgIpc) is 2.37. The van der Waals surface area contributed by atoms with Gasteiger partial charge in [0.05, 0.1) is 7.11 Å². The van der Waals surface area contributed by atoms with Crippen molar-refractivity contribution in [3.63, 3.8) is 0 Å². The van der Waals surface area contributed by atoms with Crippen molar-refractivity contribution >= 4 is 23.6 Å². The quantitative estimate of drug-likeness (QED) is 0.720. The van der Waals surface area contributed by atoms with Gasteiger partial charge >= 0.3 is 0 Å². The molecule has 0 heterocycles. The lowest BCUT2D eigenvalue weighted by Crippen LogP contribution is -1.85. The first-order chi connectivity index (χ1) is 8.26. The molecule has 0 aromatic heterocycles. The summed E-state index contributed by atoms with van der Waals surface area (Å²) in [6.07, 6.45) is 4.94. The molecular formula is C14H16O2S. The Morgan fingerprint density at radius 1 is 1.29 bits per heavy atom. The zero-order chi connectivity index (χ0) is 12.5. The maximum Gasteiger partial charge on any atom is 0.179 e. The first-order valence-electron chi connectivity index (χ1n) is 5.40. The van der Waals surface area contributed by atoms with Crippen LogP contribution in [0.5, 0.6) is 5.75 Å². The van der Waals surface area contributed by atoms with Gasteiger partial charge in [-0.05, 0) is 41.0 Å². The van der Waals surface area contributed by atoms with Crippen LogP contribution in [0.2, 0.25) is 0 Å². The Morgan fingerprint density at radius 3 is 2.59 bits per heavy atom. The highest BCUT2D eigenvalue weighted by Crippen LogP contribution is 2.12. The molecule has 2 nitrogen and oxygen atoms in total. The van der Waals surface area contributed by atoms with E-state index in [9.17, 15) is 4.79 Å². The fourth-order valence-electron chi connectivity index (χ4n) is 1.16. The van der Waals surface area contributed by atoms with Crippen LogP contribution in [0, 0.1) is 0 Å². The Morgan fingerprint density at radius 2 is 2.00 bits per heavy atom. The van der Waals surface area contributed by atoms with E-state index >= 15 is 0 Å². The maximum absolute atomic E-state index is 11.4. The van der Waals surface area contributed by atoms with Gasteiger partial charge in [0, 0.05) is 0 Å². The lowest BCUT2D eigenvalue weighted by Gasteiger charge is -1.98. The number of benzene rings is 1. The minimum atomic E-state index is 0.00164. The first kappa shape index (κ1) is 13.6. The zero-order valence-corrected chi connectivity index (χ0v) is 10.9. The predicted octanol–water partition coefficient (Wildman–Crippen LogP) is 3.54. The van der Waals surface area contributed by atoms with Crippen LogP contribution < -0.4 is 4.74 Å². The largest absolute Gasteiger partial charge is 0.497 e. The van der Waals surface area contributed by atoms with Crippen molar-refractivity contribution in [2.45, 2.75) is 6.92 Å². The Hall–Kier alpha value is -1.48. The van der Waals surface area contributed by atoms with E-state index in [1.54, 1.807) is 37.1 Å². The summed E-state index contributed by atoms with van der Waals surface area (Å²) in [4.78, 5) is 11.4. The van der Waals surface area contributed by atoms with E-state index in [0.717, 1.165) is 17.1 Å². The average molecular weight is 248 g/mol. The number of allylic oxidation sites excluding steroid dienone is 2. The molecule has 0 amide bonds. The Kier molecular flexibility index (Phi) is 6.18. The molecule has 1 aromatic carbocycles. The number of ether oxygens (including phenoxy) is 1. The van der Waals surface area contributed by atoms with Crippen LogP contribution in [0.25, 0.3) is 6.08 Å². The summed E-state index contributed by atoms with van der Waals surface area (Å²) < 4.78 is 5.06. The molecular weight excluding hydrogens is 232 g/mol. The van der Waals surface area contributed by atoms with Crippen LogP contribution in [-0.4, -0.2) is 18.6 Å². The molecule has 0 aliphatic rings. The van der Waals surface area contributed by atoms with E-state index < -0.39 is 0 Å². The van der Waals surface area contributed by atoms with E-state index in [4.69, 9.17) is 4.74 Å². The van der Waals surface area contributed by atoms with Gasteiger partial charge in [0.2, 0.25) is 0 Å². The van der Waals surface area contributed by atoms with Crippen LogP contribution in [-0.2, 0) is 4.79 Å². The SMILES string of the molecule is CCSC=CC(=O)C=Cc1ccc(OC)cc1. The van der Waals surface area contributed by atoms with Crippen molar-refractivity contribution in [1.82, 2.24) is 0 Å². The molecule has 0 atom stereocenters. The third-order valence-electron chi connectivity index (χ3n) is 2.05. The van der Waals surface area contributed by atoms with E-state index in [1.165, 1.54) is 0 Å². The van der Waals surface area contributed by atoms with Crippen molar-refractivity contribution in [2.24, 2.45) is 0 Å². The minimum Gasteiger partial charge on any atom is -0.497 e. The molecule has 0 spiro atoms. The normalized spacial score (nSPS) is 11.2. The third kappa shape index (κ3) is 5.41. The van der Waals surface area contributed by atoms with Crippen LogP contribution in [0.15, 0.2) is 41.8 Å². The Bertz CT molecular complexity index is 405. The highest BCUT2D eigenvalue weighted by Gasteiger charge is 1.92. The zero-order valence-electron chi connectivity index (χ0n) is 10.1. The van der Waals surface area contributed by atoms with Crippen molar-refractivity contribution < 1.29 is 9.53 Å². The summed E-state index contributed by atoms with van der Waals surface area (Å²) in [7, 11) is 1.63. The van der Waals surface area contributed by atoms with Crippen LogP contribution in [0.3, 0.4) is 0 Å². The standard InChI is InChI=1S/C14H16O2S/c1-3-17-11-10-13(15)7-4-12-5-8-14(16-2)9-6-12/h4-11H,3H2,1-2H3. The molecule has 17 heavy (non-hydrogen) atoms. The van der Waals surface area contributed by atoms with Crippen LogP contribution >= 0.6 is 11.8 Å². The van der Waals surface area contributed by atoms with Crippen molar-refractivity contribution in [1.29, 1.82) is 0 Å². The van der Waals surface area contributed by atoms with Crippen LogP contribution in [0.1, 0.15) is 12.5 Å². The summed E-state index contributed by atoms with van der Waals surface area (Å²) in [5.74, 6) is 1.79. The summed E-state index contributed by atoms with van der Waals surface area (Å²) in [5.41, 5.74) is 0.982. The molecule has 0 saturated heterocycles. The topological polar surface area (TPSA) is 26.3 Å². The number of carbonyl (C=O) groups is 1. The number of hydrogen-bond donors (Lipinski definition) is 0. The van der Waals surface area contributed by atoms with E-state index in [-0.39, 0.29) is 5.78 Å². The predicted molar refractivity (Wildman–Crippen MR) is 74.3 cm³/mol. The smallest absolute Gasteiger partial charge is 0.179 e. The Balaban J connectivity index is 2.54. The molecule has 3 heteroatoms. The van der Waals surface area contributed by atoms with E-state index in [1.807, 2.05) is 36.6 Å². The van der Waals surface area contributed by atoms with Gasteiger partial charge in [-0.3, -0.25) is 4.79 Å². The second kappa shape index (κ2) is 7.74. The summed E-state index contributed by atoms with van der Waals surface area (Å²) in [6.45, 7) is 2.05. The molecule has 0 radical (unpaired) electrons. The van der Waals surface area contributed by atoms with Crippen molar-refractivity contribution in [2.75, 3.05) is 12.9 Å². The fourth-order valence-corrected chi connectivity index (χ4v) is 1.58. The number of ketones is 1. The van der Waals surface area contributed by atoms with Gasteiger partial charge in [0.1, 0.15) is 5.75 Å². The highest BCUT2D eigenvalue weighted by atomic mass is 32.2. The molecule has 0 unspecified atom stereocenters. The van der Waals surface area contributed by atoms with Gasteiger partial charge in [-0.2, -0.15) is 0 Å². The Labute approximate surface area is 106 Å². The first-order valence-corrected chi connectivity index (χ1v) is 6.45. The minimum absolute atomic E-state index is 0.00164. The van der Waals surface area contributed by atoms with Gasteiger partial charge in [-0.25, -0.2) is 0 Å². The number of thioether (sulfide) groups is 1. The van der Waals surface area contributed by atoms with Crippen molar-refractivity contribution in [3.8, 4) is 5.75 Å². The number of carbonyl (C=O) groups excluding carboxylic acids is 1. The van der Waals surface area contributed by atoms with E-state index in [0.29, 0.717) is 0 Å². The summed E-state index contributed by atoms with van der Waals surface area (Å²) in [6, 6.07) is 7.56. The highest BCUT2D eigenvalue weighted by molar-refractivity contribution is 8.02. The monoisotopic (exact) mass is 248 g/mol. The van der Waals surface area contributed by atoms with Crippen LogP contribution in [0.4, 0.5) is 0 Å². The van der Waals surface area contributed by atoms with Gasteiger partial charge in [-0.15, -0.1) is 11.8 Å². The lowest BCUT2D eigenvalue weighted by molar-refractivity contribution is -0.110. The van der Waals surface area contributed by atoms with Gasteiger partial charge < -0.3 is 4.74 Å². The van der Waals surface area contributed by atoms with Crippen molar-refractivity contribution in [3.05, 3.63) is 47.4 Å². The summed E-state index contributed by atoms with van der Waals surface area (Å²) >= 11 is 1.61. The molecule has 1 rings (SSSR count). The van der Waals surface area contributed by atoms with Gasteiger partial charge in [-0.1, -0.05) is 25.1 Å². The van der Waals surface area contributed by atoms with Gasteiger partial charge in [0.15, 0.2) is 5.78 Å². The van der Waals surface area contributed by atoms with E-state index in [2.05, 4.69) is 0 Å². The molecule has 0 aliphatic carbocycles. The molecule has 0 fully saturated rings. The number of rotatable bonds is 6.